The lowest BCUT2D eigenvalue weighted by Crippen LogP contribution is -2.25. The monoisotopic (exact) mass is 268 g/mol. The summed E-state index contributed by atoms with van der Waals surface area (Å²) < 4.78 is 29.2. The van der Waals surface area contributed by atoms with Gasteiger partial charge in [-0.25, -0.2) is 8.78 Å². The second kappa shape index (κ2) is 8.72. The third kappa shape index (κ3) is 9.39. The molecule has 0 N–H and O–H groups in total. The molecule has 0 saturated carbocycles. The predicted molar refractivity (Wildman–Crippen MR) is 67.6 cm³/mol. The minimum Gasteiger partial charge on any atom is -0.462 e. The van der Waals surface area contributed by atoms with Crippen molar-refractivity contribution in [3.8, 4) is 0 Å². The summed E-state index contributed by atoms with van der Waals surface area (Å²) in [5.74, 6) is 0.356. The zero-order valence-electron chi connectivity index (χ0n) is 10.9. The molecule has 0 amide bonds. The number of carbonyl (C=O) groups is 1. The Morgan fingerprint density at radius 3 is 2.24 bits per heavy atom. The molecule has 0 aliphatic rings. The second-order valence-electron chi connectivity index (χ2n) is 4.65. The molecule has 0 radical (unpaired) electrons. The number of hydrogen-bond acceptors (Lipinski definition) is 3. The van der Waals surface area contributed by atoms with Crippen LogP contribution in [0.1, 0.15) is 40.5 Å². The molecule has 0 aliphatic heterocycles. The highest BCUT2D eigenvalue weighted by atomic mass is 32.2. The number of esters is 1. The summed E-state index contributed by atoms with van der Waals surface area (Å²) in [4.78, 5) is 11.7. The van der Waals surface area contributed by atoms with Gasteiger partial charge in [0.25, 0.3) is 0 Å². The van der Waals surface area contributed by atoms with Gasteiger partial charge in [-0.1, -0.05) is 13.8 Å². The first kappa shape index (κ1) is 16.7. The Kier molecular flexibility index (Phi) is 8.56. The zero-order valence-corrected chi connectivity index (χ0v) is 11.7. The highest BCUT2D eigenvalue weighted by Crippen LogP contribution is 2.23. The fourth-order valence-corrected chi connectivity index (χ4v) is 2.58. The molecule has 0 aliphatic carbocycles. The molecule has 0 aromatic heterocycles. The molecule has 17 heavy (non-hydrogen) atoms. The van der Waals surface area contributed by atoms with Crippen LogP contribution in [-0.4, -0.2) is 29.5 Å². The van der Waals surface area contributed by atoms with Crippen molar-refractivity contribution in [2.75, 3.05) is 5.75 Å². The Hall–Kier alpha value is -0.320. The minimum atomic E-state index is -2.30. The van der Waals surface area contributed by atoms with Crippen molar-refractivity contribution in [1.29, 1.82) is 0 Å². The standard InChI is InChI=1S/C12H22F2O2S/c1-8(2)7-10(12(15)16-9(3)4)17-6-5-11(13)14/h8-11H,5-7H2,1-4H3. The first-order chi connectivity index (χ1) is 7.82. The van der Waals surface area contributed by atoms with E-state index >= 15 is 0 Å². The smallest absolute Gasteiger partial charge is 0.319 e. The lowest BCUT2D eigenvalue weighted by molar-refractivity contribution is -0.147. The van der Waals surface area contributed by atoms with Crippen LogP contribution in [0.3, 0.4) is 0 Å². The van der Waals surface area contributed by atoms with Crippen molar-refractivity contribution in [1.82, 2.24) is 0 Å². The molecule has 0 saturated heterocycles. The fourth-order valence-electron chi connectivity index (χ4n) is 1.27. The van der Waals surface area contributed by atoms with E-state index in [0.29, 0.717) is 18.1 Å². The Morgan fingerprint density at radius 2 is 1.82 bits per heavy atom. The summed E-state index contributed by atoms with van der Waals surface area (Å²) in [6.07, 6.45) is -1.97. The fraction of sp³-hybridized carbons (Fsp3) is 0.917. The number of thioether (sulfide) groups is 1. The summed E-state index contributed by atoms with van der Waals surface area (Å²) in [7, 11) is 0. The molecule has 102 valence electrons. The SMILES string of the molecule is CC(C)CC(SCCC(F)F)C(=O)OC(C)C. The quantitative estimate of drug-likeness (QED) is 0.627. The van der Waals surface area contributed by atoms with Gasteiger partial charge in [0.15, 0.2) is 0 Å². The molecule has 0 fully saturated rings. The van der Waals surface area contributed by atoms with E-state index in [9.17, 15) is 13.6 Å². The van der Waals surface area contributed by atoms with Crippen LogP contribution >= 0.6 is 11.8 Å². The number of ether oxygens (including phenoxy) is 1. The Balaban J connectivity index is 4.17. The van der Waals surface area contributed by atoms with Crippen molar-refractivity contribution in [2.24, 2.45) is 5.92 Å². The van der Waals surface area contributed by atoms with Crippen molar-refractivity contribution in [3.63, 3.8) is 0 Å². The van der Waals surface area contributed by atoms with Gasteiger partial charge >= 0.3 is 5.97 Å². The highest BCUT2D eigenvalue weighted by Gasteiger charge is 2.23. The molecule has 1 unspecified atom stereocenters. The number of rotatable bonds is 8. The summed E-state index contributed by atoms with van der Waals surface area (Å²) in [6.45, 7) is 7.58. The number of halogens is 2. The topological polar surface area (TPSA) is 26.3 Å². The van der Waals surface area contributed by atoms with E-state index in [4.69, 9.17) is 4.74 Å². The van der Waals surface area contributed by atoms with Crippen LogP contribution in [0.2, 0.25) is 0 Å². The van der Waals surface area contributed by atoms with Gasteiger partial charge in [-0.2, -0.15) is 0 Å². The van der Waals surface area contributed by atoms with E-state index in [1.54, 1.807) is 13.8 Å². The lowest BCUT2D eigenvalue weighted by Gasteiger charge is -2.19. The van der Waals surface area contributed by atoms with E-state index in [-0.39, 0.29) is 23.7 Å². The number of hydrogen-bond donors (Lipinski definition) is 0. The average Bonchev–Trinajstić information content (AvgIpc) is 2.13. The van der Waals surface area contributed by atoms with Crippen molar-refractivity contribution >= 4 is 17.7 Å². The number of alkyl halides is 2. The maximum Gasteiger partial charge on any atom is 0.319 e. The van der Waals surface area contributed by atoms with E-state index in [2.05, 4.69) is 0 Å². The van der Waals surface area contributed by atoms with Gasteiger partial charge in [-0.15, -0.1) is 11.8 Å². The van der Waals surface area contributed by atoms with Crippen LogP contribution in [0.4, 0.5) is 8.78 Å². The van der Waals surface area contributed by atoms with Gasteiger partial charge < -0.3 is 4.74 Å². The van der Waals surface area contributed by atoms with Crippen LogP contribution in [0.5, 0.6) is 0 Å². The van der Waals surface area contributed by atoms with Gasteiger partial charge in [0.1, 0.15) is 5.25 Å². The van der Waals surface area contributed by atoms with Gasteiger partial charge in [0.2, 0.25) is 6.43 Å². The molecule has 0 rings (SSSR count). The van der Waals surface area contributed by atoms with Gasteiger partial charge in [-0.05, 0) is 31.9 Å². The molecule has 0 aromatic carbocycles. The first-order valence-electron chi connectivity index (χ1n) is 5.93. The summed E-state index contributed by atoms with van der Waals surface area (Å²) in [5.41, 5.74) is 0. The summed E-state index contributed by atoms with van der Waals surface area (Å²) in [5, 5.41) is -0.323. The Labute approximate surface area is 106 Å². The maximum absolute atomic E-state index is 12.0. The van der Waals surface area contributed by atoms with Crippen LogP contribution in [0.15, 0.2) is 0 Å². The third-order valence-electron chi connectivity index (χ3n) is 1.96. The van der Waals surface area contributed by atoms with Crippen LogP contribution in [0, 0.1) is 5.92 Å². The average molecular weight is 268 g/mol. The molecule has 0 aromatic rings. The molecule has 1 atom stereocenters. The molecule has 0 spiro atoms. The van der Waals surface area contributed by atoms with Gasteiger partial charge in [-0.3, -0.25) is 4.79 Å². The zero-order chi connectivity index (χ0) is 13.4. The van der Waals surface area contributed by atoms with Gasteiger partial charge in [0, 0.05) is 6.42 Å². The van der Waals surface area contributed by atoms with Crippen molar-refractivity contribution in [2.45, 2.75) is 58.3 Å². The molecular weight excluding hydrogens is 246 g/mol. The molecular formula is C12H22F2O2S. The summed E-state index contributed by atoms with van der Waals surface area (Å²) in [6, 6.07) is 0. The Bertz CT molecular complexity index is 221. The maximum atomic E-state index is 12.0. The van der Waals surface area contributed by atoms with Crippen molar-refractivity contribution < 1.29 is 18.3 Å². The van der Waals surface area contributed by atoms with E-state index in [0.717, 1.165) is 0 Å². The largest absolute Gasteiger partial charge is 0.462 e. The normalized spacial score (nSPS) is 13.5. The Morgan fingerprint density at radius 1 is 1.24 bits per heavy atom. The first-order valence-corrected chi connectivity index (χ1v) is 6.98. The molecule has 0 heterocycles. The van der Waals surface area contributed by atoms with Crippen LogP contribution in [-0.2, 0) is 9.53 Å². The van der Waals surface area contributed by atoms with Crippen LogP contribution < -0.4 is 0 Å². The lowest BCUT2D eigenvalue weighted by atomic mass is 10.1. The van der Waals surface area contributed by atoms with Crippen LogP contribution in [0.25, 0.3) is 0 Å². The number of carbonyl (C=O) groups excluding carboxylic acids is 1. The van der Waals surface area contributed by atoms with E-state index in [1.165, 1.54) is 11.8 Å². The molecule has 5 heteroatoms. The highest BCUT2D eigenvalue weighted by molar-refractivity contribution is 8.00. The van der Waals surface area contributed by atoms with E-state index in [1.807, 2.05) is 13.8 Å². The minimum absolute atomic E-state index is 0.159. The predicted octanol–water partition coefficient (Wildman–Crippen LogP) is 3.74. The second-order valence-corrected chi connectivity index (χ2v) is 5.97. The van der Waals surface area contributed by atoms with Gasteiger partial charge in [0.05, 0.1) is 6.10 Å². The van der Waals surface area contributed by atoms with Crippen molar-refractivity contribution in [3.05, 3.63) is 0 Å². The summed E-state index contributed by atoms with van der Waals surface area (Å²) >= 11 is 1.27. The third-order valence-corrected chi connectivity index (χ3v) is 3.21. The molecule has 2 nitrogen and oxygen atoms in total. The molecule has 0 bridgehead atoms. The van der Waals surface area contributed by atoms with E-state index < -0.39 is 6.43 Å².